The Morgan fingerprint density at radius 1 is 0.529 bits per heavy atom. The first kappa shape index (κ1) is 23.5. The predicted octanol–water partition coefficient (Wildman–Crippen LogP) is 7.57. The molecule has 34 heavy (non-hydrogen) atoms. The molecule has 0 aliphatic rings. The first-order valence-electron chi connectivity index (χ1n) is 11.5. The van der Waals surface area contributed by atoms with Gasteiger partial charge in [0.2, 0.25) is 0 Å². The number of esters is 2. The zero-order chi connectivity index (χ0) is 24.7. The number of rotatable bonds is 3. The summed E-state index contributed by atoms with van der Waals surface area (Å²) in [4.78, 5) is 26.8. The largest absolute Gasteiger partial charge is 0.456 e. The zero-order valence-corrected chi connectivity index (χ0v) is 20.6. The first-order valence-corrected chi connectivity index (χ1v) is 11.5. The van der Waals surface area contributed by atoms with Crippen LogP contribution in [0.4, 0.5) is 0 Å². The van der Waals surface area contributed by atoms with Gasteiger partial charge in [-0.3, -0.25) is 0 Å². The van der Waals surface area contributed by atoms with Crippen LogP contribution in [0.3, 0.4) is 0 Å². The number of fused-ring (bicyclic) bond motifs is 2. The molecule has 0 heterocycles. The number of carbonyl (C=O) groups is 2. The summed E-state index contributed by atoms with van der Waals surface area (Å²) in [5.41, 5.74) is 0.846. The van der Waals surface area contributed by atoms with Gasteiger partial charge in [0.25, 0.3) is 0 Å². The lowest BCUT2D eigenvalue weighted by Crippen LogP contribution is -2.25. The molecule has 4 aromatic rings. The van der Waals surface area contributed by atoms with Gasteiger partial charge in [0.15, 0.2) is 0 Å². The second kappa shape index (κ2) is 8.60. The molecule has 0 aliphatic heterocycles. The Labute approximate surface area is 200 Å². The molecule has 0 bridgehead atoms. The Balaban J connectivity index is 2.11. The number of carbonyl (C=O) groups excluding carboxylic acids is 2. The molecule has 4 nitrogen and oxygen atoms in total. The molecule has 0 saturated heterocycles. The molecular weight excluding hydrogens is 424 g/mol. The second-order valence-corrected chi connectivity index (χ2v) is 10.4. The fraction of sp³-hybridized carbons (Fsp3) is 0.267. The number of hydrogen-bond donors (Lipinski definition) is 0. The van der Waals surface area contributed by atoms with E-state index < -0.39 is 23.1 Å². The Morgan fingerprint density at radius 2 is 0.882 bits per heavy atom. The van der Waals surface area contributed by atoms with Crippen molar-refractivity contribution in [2.75, 3.05) is 0 Å². The van der Waals surface area contributed by atoms with E-state index in [-0.39, 0.29) is 0 Å². The zero-order valence-electron chi connectivity index (χ0n) is 20.6. The van der Waals surface area contributed by atoms with Gasteiger partial charge in [-0.1, -0.05) is 60.7 Å². The van der Waals surface area contributed by atoms with Crippen molar-refractivity contribution in [3.05, 3.63) is 83.9 Å². The summed E-state index contributed by atoms with van der Waals surface area (Å²) in [5, 5.41) is 3.67. The third-order valence-electron chi connectivity index (χ3n) is 5.35. The molecule has 4 heteroatoms. The molecule has 0 spiro atoms. The molecule has 0 fully saturated rings. The Bertz CT molecular complexity index is 1290. The van der Waals surface area contributed by atoms with Crippen molar-refractivity contribution in [1.29, 1.82) is 0 Å². The van der Waals surface area contributed by atoms with Crippen LogP contribution in [0.25, 0.3) is 32.7 Å². The van der Waals surface area contributed by atoms with Crippen LogP contribution in [0.1, 0.15) is 62.3 Å². The van der Waals surface area contributed by atoms with E-state index in [1.807, 2.05) is 102 Å². The van der Waals surface area contributed by atoms with Crippen LogP contribution >= 0.6 is 0 Å². The molecule has 0 N–H and O–H groups in total. The minimum atomic E-state index is -0.660. The van der Waals surface area contributed by atoms with Gasteiger partial charge < -0.3 is 9.47 Å². The molecule has 0 unspecified atom stereocenters. The number of ether oxygens (including phenoxy) is 2. The lowest BCUT2D eigenvalue weighted by Gasteiger charge is -2.24. The lowest BCUT2D eigenvalue weighted by molar-refractivity contribution is 0.00554. The highest BCUT2D eigenvalue weighted by Gasteiger charge is 2.28. The van der Waals surface area contributed by atoms with Gasteiger partial charge in [-0.2, -0.15) is 0 Å². The molecule has 4 rings (SSSR count). The average Bonchev–Trinajstić information content (AvgIpc) is 2.75. The molecule has 0 atom stereocenters. The quantitative estimate of drug-likeness (QED) is 0.300. The lowest BCUT2D eigenvalue weighted by atomic mass is 9.87. The van der Waals surface area contributed by atoms with Crippen LogP contribution in [0.15, 0.2) is 72.8 Å². The monoisotopic (exact) mass is 454 g/mol. The maximum absolute atomic E-state index is 13.4. The molecule has 4 aromatic carbocycles. The van der Waals surface area contributed by atoms with Crippen molar-refractivity contribution in [3.8, 4) is 11.1 Å². The van der Waals surface area contributed by atoms with E-state index in [9.17, 15) is 9.59 Å². The van der Waals surface area contributed by atoms with E-state index in [1.165, 1.54) is 0 Å². The maximum atomic E-state index is 13.4. The van der Waals surface area contributed by atoms with Gasteiger partial charge in [0, 0.05) is 11.1 Å². The molecule has 174 valence electrons. The molecule has 0 amide bonds. The smallest absolute Gasteiger partial charge is 0.339 e. The number of benzene rings is 4. The Morgan fingerprint density at radius 3 is 1.24 bits per heavy atom. The van der Waals surface area contributed by atoms with Crippen LogP contribution in [0.5, 0.6) is 0 Å². The Kier molecular flexibility index (Phi) is 5.94. The summed E-state index contributed by atoms with van der Waals surface area (Å²) in [7, 11) is 0. The fourth-order valence-electron chi connectivity index (χ4n) is 4.09. The molecular formula is C30H30O4. The van der Waals surface area contributed by atoms with E-state index in [0.717, 1.165) is 21.5 Å². The van der Waals surface area contributed by atoms with Gasteiger partial charge in [0.05, 0.1) is 11.1 Å². The van der Waals surface area contributed by atoms with Gasteiger partial charge >= 0.3 is 11.9 Å². The summed E-state index contributed by atoms with van der Waals surface area (Å²) in [6.07, 6.45) is 0. The number of hydrogen-bond acceptors (Lipinski definition) is 4. The van der Waals surface area contributed by atoms with Crippen molar-refractivity contribution in [1.82, 2.24) is 0 Å². The van der Waals surface area contributed by atoms with E-state index in [0.29, 0.717) is 22.3 Å². The minimum absolute atomic E-state index is 0.412. The van der Waals surface area contributed by atoms with Crippen molar-refractivity contribution in [2.45, 2.75) is 52.7 Å². The van der Waals surface area contributed by atoms with E-state index in [1.54, 1.807) is 12.1 Å². The van der Waals surface area contributed by atoms with Crippen molar-refractivity contribution < 1.29 is 19.1 Å². The minimum Gasteiger partial charge on any atom is -0.456 e. The molecule has 0 aliphatic carbocycles. The van der Waals surface area contributed by atoms with Crippen molar-refractivity contribution in [3.63, 3.8) is 0 Å². The maximum Gasteiger partial charge on any atom is 0.339 e. The van der Waals surface area contributed by atoms with Gasteiger partial charge in [0.1, 0.15) is 11.2 Å². The highest BCUT2D eigenvalue weighted by atomic mass is 16.6. The summed E-state index contributed by atoms with van der Waals surface area (Å²) < 4.78 is 11.5. The molecule has 0 radical (unpaired) electrons. The standard InChI is InChI=1S/C30H30O4/c1-29(2,3)33-27(31)23-17-15-19-11-7-9-13-21(19)25(23)26-22-14-10-8-12-20(22)16-18-24(26)28(32)34-30(4,5)6/h7-18H,1-6H3. The summed E-state index contributed by atoms with van der Waals surface area (Å²) >= 11 is 0. The topological polar surface area (TPSA) is 52.6 Å². The summed E-state index contributed by atoms with van der Waals surface area (Å²) in [6.45, 7) is 11.1. The first-order chi connectivity index (χ1) is 15.9. The highest BCUT2D eigenvalue weighted by Crippen LogP contribution is 2.40. The van der Waals surface area contributed by atoms with Crippen LogP contribution in [0, 0.1) is 0 Å². The molecule has 0 aromatic heterocycles. The third kappa shape index (κ3) is 4.81. The molecule has 0 saturated carbocycles. The van der Waals surface area contributed by atoms with E-state index in [2.05, 4.69) is 0 Å². The SMILES string of the molecule is CC(C)(C)OC(=O)c1ccc2ccccc2c1-c1c(C(=O)OC(C)(C)C)ccc2ccccc12. The summed E-state index contributed by atoms with van der Waals surface area (Å²) in [5.74, 6) is -0.868. The van der Waals surface area contributed by atoms with Gasteiger partial charge in [-0.25, -0.2) is 9.59 Å². The van der Waals surface area contributed by atoms with Crippen LogP contribution in [-0.4, -0.2) is 23.1 Å². The van der Waals surface area contributed by atoms with Crippen LogP contribution in [0.2, 0.25) is 0 Å². The third-order valence-corrected chi connectivity index (χ3v) is 5.35. The van der Waals surface area contributed by atoms with Crippen LogP contribution < -0.4 is 0 Å². The normalized spacial score (nSPS) is 12.1. The van der Waals surface area contributed by atoms with E-state index in [4.69, 9.17) is 9.47 Å². The van der Waals surface area contributed by atoms with Gasteiger partial charge in [-0.05, 0) is 75.2 Å². The highest BCUT2D eigenvalue weighted by molar-refractivity contribution is 6.17. The summed E-state index contributed by atoms with van der Waals surface area (Å²) in [6, 6.07) is 23.1. The predicted molar refractivity (Wildman–Crippen MR) is 137 cm³/mol. The Hall–Kier alpha value is -3.66. The van der Waals surface area contributed by atoms with Crippen molar-refractivity contribution >= 4 is 33.5 Å². The van der Waals surface area contributed by atoms with Crippen molar-refractivity contribution in [2.24, 2.45) is 0 Å². The van der Waals surface area contributed by atoms with Gasteiger partial charge in [-0.15, -0.1) is 0 Å². The van der Waals surface area contributed by atoms with E-state index >= 15 is 0 Å². The second-order valence-electron chi connectivity index (χ2n) is 10.4. The fourth-order valence-corrected chi connectivity index (χ4v) is 4.09. The van der Waals surface area contributed by atoms with Crippen LogP contribution in [-0.2, 0) is 9.47 Å². The average molecular weight is 455 g/mol.